The molecule has 2 rings (SSSR count). The van der Waals surface area contributed by atoms with E-state index in [0.29, 0.717) is 18.7 Å². The van der Waals surface area contributed by atoms with E-state index >= 15 is 0 Å². The number of halogens is 2. The van der Waals surface area contributed by atoms with Crippen LogP contribution >= 0.6 is 31.9 Å². The van der Waals surface area contributed by atoms with Crippen molar-refractivity contribution in [2.45, 2.75) is 26.1 Å². The van der Waals surface area contributed by atoms with Crippen molar-refractivity contribution in [3.05, 3.63) is 32.7 Å². The second-order valence-corrected chi connectivity index (χ2v) is 6.36. The second-order valence-electron chi connectivity index (χ2n) is 4.59. The largest absolute Gasteiger partial charge is 0.372 e. The summed E-state index contributed by atoms with van der Waals surface area (Å²) >= 11 is 6.82. The van der Waals surface area contributed by atoms with Crippen molar-refractivity contribution in [2.24, 2.45) is 0 Å². The first-order chi connectivity index (χ1) is 8.47. The Morgan fingerprint density at radius 2 is 1.89 bits per heavy atom. The van der Waals surface area contributed by atoms with Gasteiger partial charge in [-0.25, -0.2) is 0 Å². The Bertz CT molecular complexity index is 454. The van der Waals surface area contributed by atoms with E-state index in [0.717, 1.165) is 8.95 Å². The lowest BCUT2D eigenvalue weighted by Crippen LogP contribution is -2.48. The molecule has 5 heteroatoms. The highest BCUT2D eigenvalue weighted by atomic mass is 79.9. The van der Waals surface area contributed by atoms with Gasteiger partial charge in [0.05, 0.1) is 17.8 Å². The zero-order valence-electron chi connectivity index (χ0n) is 10.3. The fourth-order valence-electron chi connectivity index (χ4n) is 2.18. The maximum Gasteiger partial charge on any atom is 0.255 e. The summed E-state index contributed by atoms with van der Waals surface area (Å²) in [6, 6.07) is 5.60. The van der Waals surface area contributed by atoms with Gasteiger partial charge in [0.1, 0.15) is 0 Å². The quantitative estimate of drug-likeness (QED) is 0.751. The van der Waals surface area contributed by atoms with Crippen molar-refractivity contribution in [1.82, 2.24) is 4.90 Å². The van der Waals surface area contributed by atoms with Crippen LogP contribution in [0.5, 0.6) is 0 Å². The molecule has 1 aromatic rings. The number of nitrogens with zero attached hydrogens (tertiary/aromatic N) is 1. The van der Waals surface area contributed by atoms with Gasteiger partial charge in [-0.3, -0.25) is 4.79 Å². The van der Waals surface area contributed by atoms with Crippen molar-refractivity contribution in [3.63, 3.8) is 0 Å². The van der Waals surface area contributed by atoms with E-state index < -0.39 is 0 Å². The predicted molar refractivity (Wildman–Crippen MR) is 77.8 cm³/mol. The summed E-state index contributed by atoms with van der Waals surface area (Å²) in [6.45, 7) is 5.27. The van der Waals surface area contributed by atoms with Crippen LogP contribution in [0.2, 0.25) is 0 Å². The number of ether oxygens (including phenoxy) is 1. The molecule has 0 saturated carbocycles. The van der Waals surface area contributed by atoms with Gasteiger partial charge in [0.25, 0.3) is 5.91 Å². The van der Waals surface area contributed by atoms with Crippen LogP contribution in [0.15, 0.2) is 27.1 Å². The molecular weight excluding hydrogens is 362 g/mol. The van der Waals surface area contributed by atoms with Crippen LogP contribution in [-0.2, 0) is 4.74 Å². The number of rotatable bonds is 1. The van der Waals surface area contributed by atoms with Crippen LogP contribution in [0.1, 0.15) is 24.2 Å². The Balaban J connectivity index is 2.20. The van der Waals surface area contributed by atoms with Gasteiger partial charge in [0.15, 0.2) is 0 Å². The molecule has 0 spiro atoms. The third-order valence-electron chi connectivity index (χ3n) is 2.87. The SMILES string of the molecule is CC1CN(C(=O)c2ccc(Br)cc2Br)CC(C)O1. The zero-order valence-corrected chi connectivity index (χ0v) is 13.5. The Morgan fingerprint density at radius 1 is 1.28 bits per heavy atom. The Labute approximate surface area is 124 Å². The Hall–Kier alpha value is -0.390. The summed E-state index contributed by atoms with van der Waals surface area (Å²) in [7, 11) is 0. The molecule has 0 radical (unpaired) electrons. The minimum absolute atomic E-state index is 0.0522. The van der Waals surface area contributed by atoms with E-state index in [1.165, 1.54) is 0 Å². The lowest BCUT2D eigenvalue weighted by Gasteiger charge is -2.35. The van der Waals surface area contributed by atoms with Gasteiger partial charge in [-0.2, -0.15) is 0 Å². The average Bonchev–Trinajstić information content (AvgIpc) is 2.26. The molecule has 0 aromatic heterocycles. The average molecular weight is 377 g/mol. The Morgan fingerprint density at radius 3 is 2.44 bits per heavy atom. The Kier molecular flexibility index (Phi) is 4.45. The van der Waals surface area contributed by atoms with Crippen LogP contribution in [-0.4, -0.2) is 36.1 Å². The third kappa shape index (κ3) is 3.13. The second kappa shape index (κ2) is 5.72. The van der Waals surface area contributed by atoms with E-state index in [2.05, 4.69) is 31.9 Å². The van der Waals surface area contributed by atoms with Crippen LogP contribution in [0.4, 0.5) is 0 Å². The monoisotopic (exact) mass is 375 g/mol. The molecule has 98 valence electrons. The summed E-state index contributed by atoms with van der Waals surface area (Å²) < 4.78 is 7.41. The molecule has 1 amide bonds. The fourth-order valence-corrected chi connectivity index (χ4v) is 3.39. The molecule has 0 N–H and O–H groups in total. The zero-order chi connectivity index (χ0) is 13.3. The van der Waals surface area contributed by atoms with E-state index in [9.17, 15) is 4.79 Å². The molecule has 2 atom stereocenters. The number of hydrogen-bond donors (Lipinski definition) is 0. The first-order valence-electron chi connectivity index (χ1n) is 5.87. The first kappa shape index (κ1) is 14.0. The molecule has 2 unspecified atom stereocenters. The number of hydrogen-bond acceptors (Lipinski definition) is 2. The summed E-state index contributed by atoms with van der Waals surface area (Å²) in [5.41, 5.74) is 0.694. The summed E-state index contributed by atoms with van der Waals surface area (Å²) in [4.78, 5) is 14.3. The highest BCUT2D eigenvalue weighted by Gasteiger charge is 2.27. The summed E-state index contributed by atoms with van der Waals surface area (Å²) in [5.74, 6) is 0.0522. The predicted octanol–water partition coefficient (Wildman–Crippen LogP) is 3.46. The molecule has 0 bridgehead atoms. The number of amides is 1. The number of carbonyl (C=O) groups excluding carboxylic acids is 1. The van der Waals surface area contributed by atoms with Crippen molar-refractivity contribution >= 4 is 37.8 Å². The van der Waals surface area contributed by atoms with Gasteiger partial charge in [0, 0.05) is 22.0 Å². The number of benzene rings is 1. The van der Waals surface area contributed by atoms with Gasteiger partial charge >= 0.3 is 0 Å². The van der Waals surface area contributed by atoms with E-state index in [1.807, 2.05) is 36.9 Å². The lowest BCUT2D eigenvalue weighted by atomic mass is 10.1. The van der Waals surface area contributed by atoms with Gasteiger partial charge in [-0.1, -0.05) is 15.9 Å². The van der Waals surface area contributed by atoms with Crippen molar-refractivity contribution in [3.8, 4) is 0 Å². The van der Waals surface area contributed by atoms with Crippen LogP contribution in [0, 0.1) is 0 Å². The minimum atomic E-state index is 0.0522. The molecule has 1 heterocycles. The van der Waals surface area contributed by atoms with Crippen molar-refractivity contribution in [2.75, 3.05) is 13.1 Å². The molecule has 1 fully saturated rings. The smallest absolute Gasteiger partial charge is 0.255 e. The van der Waals surface area contributed by atoms with Crippen molar-refractivity contribution < 1.29 is 9.53 Å². The molecule has 3 nitrogen and oxygen atoms in total. The van der Waals surface area contributed by atoms with Gasteiger partial charge in [0.2, 0.25) is 0 Å². The highest BCUT2D eigenvalue weighted by Crippen LogP contribution is 2.24. The molecular formula is C13H15Br2NO2. The third-order valence-corrected chi connectivity index (χ3v) is 4.02. The molecule has 0 aliphatic carbocycles. The van der Waals surface area contributed by atoms with E-state index in [4.69, 9.17) is 4.74 Å². The van der Waals surface area contributed by atoms with Crippen molar-refractivity contribution in [1.29, 1.82) is 0 Å². The molecule has 1 aliphatic rings. The van der Waals surface area contributed by atoms with Crippen LogP contribution < -0.4 is 0 Å². The maximum absolute atomic E-state index is 12.4. The van der Waals surface area contributed by atoms with Crippen LogP contribution in [0.3, 0.4) is 0 Å². The van der Waals surface area contributed by atoms with Gasteiger partial charge < -0.3 is 9.64 Å². The number of carbonyl (C=O) groups is 1. The van der Waals surface area contributed by atoms with Crippen LogP contribution in [0.25, 0.3) is 0 Å². The van der Waals surface area contributed by atoms with Gasteiger partial charge in [-0.15, -0.1) is 0 Å². The molecule has 1 aromatic carbocycles. The molecule has 18 heavy (non-hydrogen) atoms. The first-order valence-corrected chi connectivity index (χ1v) is 7.45. The molecule has 1 aliphatic heterocycles. The topological polar surface area (TPSA) is 29.5 Å². The minimum Gasteiger partial charge on any atom is -0.372 e. The maximum atomic E-state index is 12.4. The van der Waals surface area contributed by atoms with E-state index in [1.54, 1.807) is 0 Å². The highest BCUT2D eigenvalue weighted by molar-refractivity contribution is 9.11. The summed E-state index contributed by atoms with van der Waals surface area (Å²) in [6.07, 6.45) is 0.179. The number of morpholine rings is 1. The summed E-state index contributed by atoms with van der Waals surface area (Å²) in [5, 5.41) is 0. The fraction of sp³-hybridized carbons (Fsp3) is 0.462. The normalized spacial score (nSPS) is 24.1. The molecule has 1 saturated heterocycles. The van der Waals surface area contributed by atoms with Gasteiger partial charge in [-0.05, 0) is 48.0 Å². The van der Waals surface area contributed by atoms with E-state index in [-0.39, 0.29) is 18.1 Å². The standard InChI is InChI=1S/C13H15Br2NO2/c1-8-6-16(7-9(2)18-8)13(17)11-4-3-10(14)5-12(11)15/h3-5,8-9H,6-7H2,1-2H3. The lowest BCUT2D eigenvalue weighted by molar-refractivity contribution is -0.0586.